The molecule has 1 atom stereocenters. The smallest absolute Gasteiger partial charge is 0.325 e. The standard InChI is InChI=1S/C13H19N5O2/c1-8-11(9(2)18(4)16-8)12(13(19)20)17(3)7-10-5-6-14-15-10/h5-6,12H,7H2,1-4H3,(H,14,15)(H,19,20). The molecule has 0 fully saturated rings. The molecule has 2 N–H and O–H groups in total. The van der Waals surface area contributed by atoms with Gasteiger partial charge in [-0.05, 0) is 27.0 Å². The largest absolute Gasteiger partial charge is 0.480 e. The van der Waals surface area contributed by atoms with Crippen LogP contribution in [-0.4, -0.2) is 43.0 Å². The van der Waals surface area contributed by atoms with Gasteiger partial charge in [-0.25, -0.2) is 0 Å². The van der Waals surface area contributed by atoms with Crippen LogP contribution in [0.4, 0.5) is 0 Å². The van der Waals surface area contributed by atoms with E-state index < -0.39 is 12.0 Å². The number of rotatable bonds is 5. The number of aromatic amines is 1. The third kappa shape index (κ3) is 2.57. The van der Waals surface area contributed by atoms with E-state index in [1.807, 2.05) is 27.0 Å². The van der Waals surface area contributed by atoms with Crippen LogP contribution in [0, 0.1) is 13.8 Å². The van der Waals surface area contributed by atoms with E-state index in [1.165, 1.54) is 0 Å². The van der Waals surface area contributed by atoms with E-state index in [-0.39, 0.29) is 0 Å². The molecule has 0 aliphatic rings. The molecule has 0 saturated heterocycles. The second-order valence-corrected chi connectivity index (χ2v) is 4.95. The number of nitrogens with one attached hydrogen (secondary N) is 1. The number of carboxylic acid groups (broad SMARTS) is 1. The monoisotopic (exact) mass is 277 g/mol. The summed E-state index contributed by atoms with van der Waals surface area (Å²) in [6.07, 6.45) is 1.65. The molecular weight excluding hydrogens is 258 g/mol. The first kappa shape index (κ1) is 14.3. The van der Waals surface area contributed by atoms with Crippen molar-refractivity contribution in [2.24, 2.45) is 7.05 Å². The minimum Gasteiger partial charge on any atom is -0.480 e. The second kappa shape index (κ2) is 5.46. The van der Waals surface area contributed by atoms with Crippen molar-refractivity contribution < 1.29 is 9.90 Å². The Hall–Kier alpha value is -2.15. The van der Waals surface area contributed by atoms with Crippen LogP contribution in [0.5, 0.6) is 0 Å². The fraction of sp³-hybridized carbons (Fsp3) is 0.462. The van der Waals surface area contributed by atoms with Crippen molar-refractivity contribution in [2.45, 2.75) is 26.4 Å². The highest BCUT2D eigenvalue weighted by Crippen LogP contribution is 2.27. The minimum atomic E-state index is -0.883. The average molecular weight is 277 g/mol. The van der Waals surface area contributed by atoms with E-state index in [0.717, 1.165) is 22.6 Å². The van der Waals surface area contributed by atoms with Gasteiger partial charge in [-0.1, -0.05) is 0 Å². The molecule has 2 heterocycles. The van der Waals surface area contributed by atoms with Crippen LogP contribution >= 0.6 is 0 Å². The zero-order valence-electron chi connectivity index (χ0n) is 12.1. The molecule has 0 aliphatic heterocycles. The Labute approximate surface area is 117 Å². The van der Waals surface area contributed by atoms with Crippen LogP contribution in [0.15, 0.2) is 12.3 Å². The van der Waals surface area contributed by atoms with E-state index in [2.05, 4.69) is 15.3 Å². The maximum Gasteiger partial charge on any atom is 0.325 e. The summed E-state index contributed by atoms with van der Waals surface area (Å²) >= 11 is 0. The van der Waals surface area contributed by atoms with Gasteiger partial charge in [0.15, 0.2) is 0 Å². The number of likely N-dealkylation sites (N-methyl/N-ethyl adjacent to an activating group) is 1. The number of aryl methyl sites for hydroxylation is 2. The highest BCUT2D eigenvalue weighted by molar-refractivity contribution is 5.76. The van der Waals surface area contributed by atoms with Crippen LogP contribution in [-0.2, 0) is 18.4 Å². The quantitative estimate of drug-likeness (QED) is 0.852. The Balaban J connectivity index is 2.33. The summed E-state index contributed by atoms with van der Waals surface area (Å²) in [7, 11) is 3.60. The first-order valence-corrected chi connectivity index (χ1v) is 6.33. The maximum atomic E-state index is 11.7. The average Bonchev–Trinajstić information content (AvgIpc) is 2.93. The van der Waals surface area contributed by atoms with Gasteiger partial charge in [0.25, 0.3) is 0 Å². The third-order valence-corrected chi connectivity index (χ3v) is 3.49. The van der Waals surface area contributed by atoms with Gasteiger partial charge in [0.1, 0.15) is 6.04 Å². The van der Waals surface area contributed by atoms with Crippen LogP contribution in [0.1, 0.15) is 28.7 Å². The summed E-state index contributed by atoms with van der Waals surface area (Å²) in [6, 6.07) is 1.10. The summed E-state index contributed by atoms with van der Waals surface area (Å²) in [5.41, 5.74) is 3.24. The van der Waals surface area contributed by atoms with Crippen LogP contribution in [0.3, 0.4) is 0 Å². The van der Waals surface area contributed by atoms with Crippen LogP contribution in [0.2, 0.25) is 0 Å². The SMILES string of the molecule is Cc1nn(C)c(C)c1C(C(=O)O)N(C)Cc1ccn[nH]1. The number of carbonyl (C=O) groups is 1. The zero-order valence-corrected chi connectivity index (χ0v) is 12.1. The fourth-order valence-electron chi connectivity index (χ4n) is 2.45. The Morgan fingerprint density at radius 3 is 2.70 bits per heavy atom. The van der Waals surface area contributed by atoms with Crippen LogP contribution < -0.4 is 0 Å². The Morgan fingerprint density at radius 1 is 1.55 bits per heavy atom. The molecule has 0 radical (unpaired) electrons. The topological polar surface area (TPSA) is 87.0 Å². The van der Waals surface area contributed by atoms with Gasteiger partial charge in [-0.3, -0.25) is 19.5 Å². The minimum absolute atomic E-state index is 0.477. The van der Waals surface area contributed by atoms with Crippen molar-refractivity contribution >= 4 is 5.97 Å². The number of hydrogen-bond donors (Lipinski definition) is 2. The highest BCUT2D eigenvalue weighted by atomic mass is 16.4. The molecule has 2 rings (SSSR count). The molecule has 7 heteroatoms. The van der Waals surface area contributed by atoms with E-state index in [9.17, 15) is 9.90 Å². The molecule has 20 heavy (non-hydrogen) atoms. The molecule has 0 aliphatic carbocycles. The lowest BCUT2D eigenvalue weighted by atomic mass is 10.0. The van der Waals surface area contributed by atoms with E-state index in [1.54, 1.807) is 22.8 Å². The number of nitrogens with zero attached hydrogens (tertiary/aromatic N) is 4. The van der Waals surface area contributed by atoms with Gasteiger partial charge in [0.05, 0.1) is 5.69 Å². The third-order valence-electron chi connectivity index (χ3n) is 3.49. The summed E-state index contributed by atoms with van der Waals surface area (Å²) in [4.78, 5) is 13.4. The zero-order chi connectivity index (χ0) is 14.9. The van der Waals surface area contributed by atoms with E-state index in [4.69, 9.17) is 0 Å². The number of carboxylic acids is 1. The van der Waals surface area contributed by atoms with Gasteiger partial charge in [-0.15, -0.1) is 0 Å². The van der Waals surface area contributed by atoms with Crippen molar-refractivity contribution in [3.63, 3.8) is 0 Å². The molecular formula is C13H19N5O2. The molecule has 0 amide bonds. The highest BCUT2D eigenvalue weighted by Gasteiger charge is 2.30. The molecule has 0 aromatic carbocycles. The van der Waals surface area contributed by atoms with Gasteiger partial charge < -0.3 is 5.11 Å². The van der Waals surface area contributed by atoms with E-state index >= 15 is 0 Å². The van der Waals surface area contributed by atoms with Crippen molar-refractivity contribution in [1.82, 2.24) is 24.9 Å². The Bertz CT molecular complexity index is 603. The van der Waals surface area contributed by atoms with Gasteiger partial charge in [0, 0.05) is 36.7 Å². The number of H-pyrrole nitrogens is 1. The Morgan fingerprint density at radius 2 is 2.25 bits per heavy atom. The lowest BCUT2D eigenvalue weighted by molar-refractivity contribution is -0.143. The Kier molecular flexibility index (Phi) is 3.89. The molecule has 2 aromatic heterocycles. The van der Waals surface area contributed by atoms with Crippen molar-refractivity contribution in [1.29, 1.82) is 0 Å². The normalized spacial score (nSPS) is 12.8. The maximum absolute atomic E-state index is 11.7. The second-order valence-electron chi connectivity index (χ2n) is 4.95. The summed E-state index contributed by atoms with van der Waals surface area (Å²) in [5.74, 6) is -0.883. The lowest BCUT2D eigenvalue weighted by Crippen LogP contribution is -2.31. The molecule has 0 spiro atoms. The molecule has 0 saturated carbocycles. The van der Waals surface area contributed by atoms with Gasteiger partial charge in [-0.2, -0.15) is 10.2 Å². The van der Waals surface area contributed by atoms with Crippen molar-refractivity contribution in [3.05, 3.63) is 34.9 Å². The summed E-state index contributed by atoms with van der Waals surface area (Å²) in [5, 5.41) is 20.6. The molecule has 2 aromatic rings. The van der Waals surface area contributed by atoms with Gasteiger partial charge >= 0.3 is 5.97 Å². The lowest BCUT2D eigenvalue weighted by Gasteiger charge is -2.24. The van der Waals surface area contributed by atoms with Crippen molar-refractivity contribution in [3.8, 4) is 0 Å². The first-order chi connectivity index (χ1) is 9.41. The van der Waals surface area contributed by atoms with E-state index in [0.29, 0.717) is 6.54 Å². The van der Waals surface area contributed by atoms with Gasteiger partial charge in [0.2, 0.25) is 0 Å². The number of hydrogen-bond acceptors (Lipinski definition) is 4. The molecule has 108 valence electrons. The fourth-order valence-corrected chi connectivity index (χ4v) is 2.45. The number of aromatic nitrogens is 4. The van der Waals surface area contributed by atoms with Crippen molar-refractivity contribution in [2.75, 3.05) is 7.05 Å². The predicted molar refractivity (Wildman–Crippen MR) is 73.1 cm³/mol. The number of aliphatic carboxylic acids is 1. The summed E-state index contributed by atoms with van der Waals surface area (Å²) in [6.45, 7) is 4.20. The molecule has 0 bridgehead atoms. The summed E-state index contributed by atoms with van der Waals surface area (Å²) < 4.78 is 1.71. The molecule has 1 unspecified atom stereocenters. The predicted octanol–water partition coefficient (Wildman–Crippen LogP) is 1.02. The molecule has 7 nitrogen and oxygen atoms in total. The first-order valence-electron chi connectivity index (χ1n) is 6.33. The van der Waals surface area contributed by atoms with Crippen LogP contribution in [0.25, 0.3) is 0 Å².